The minimum absolute atomic E-state index is 0.00240. The van der Waals surface area contributed by atoms with Crippen molar-refractivity contribution in [3.05, 3.63) is 28.8 Å². The number of pyridine rings is 1. The zero-order chi connectivity index (χ0) is 16.3. The first-order chi connectivity index (χ1) is 10.2. The smallest absolute Gasteiger partial charge is 0.410 e. The summed E-state index contributed by atoms with van der Waals surface area (Å²) in [4.78, 5) is 17.4. The zero-order valence-electron chi connectivity index (χ0n) is 12.8. The first kappa shape index (κ1) is 16.6. The number of amides is 1. The van der Waals surface area contributed by atoms with Crippen LogP contribution in [-0.2, 0) is 4.74 Å². The first-order valence-electron chi connectivity index (χ1n) is 7.05. The van der Waals surface area contributed by atoms with E-state index in [0.29, 0.717) is 13.1 Å². The summed E-state index contributed by atoms with van der Waals surface area (Å²) < 4.78 is 18.9. The Morgan fingerprint density at radius 2 is 2.27 bits per heavy atom. The van der Waals surface area contributed by atoms with Crippen molar-refractivity contribution in [1.29, 1.82) is 0 Å². The van der Waals surface area contributed by atoms with Crippen molar-refractivity contribution >= 4 is 17.7 Å². The molecule has 1 atom stereocenters. The Bertz CT molecular complexity index is 631. The van der Waals surface area contributed by atoms with Gasteiger partial charge in [-0.2, -0.15) is 0 Å². The molecule has 0 bridgehead atoms. The van der Waals surface area contributed by atoms with Crippen molar-refractivity contribution in [1.82, 2.24) is 9.88 Å². The SMILES string of the molecule is CC(C)(C)OC(=O)N1CCC(C#Cc2cnc(Cl)cc2F)C1. The number of hydrogen-bond acceptors (Lipinski definition) is 3. The second-order valence-electron chi connectivity index (χ2n) is 6.17. The lowest BCUT2D eigenvalue weighted by Gasteiger charge is -2.24. The molecule has 1 aromatic rings. The van der Waals surface area contributed by atoms with Crippen LogP contribution >= 0.6 is 11.6 Å². The molecule has 6 heteroatoms. The summed E-state index contributed by atoms with van der Waals surface area (Å²) in [6.07, 6.45) is 1.72. The molecule has 1 aromatic heterocycles. The maximum atomic E-state index is 13.6. The molecule has 1 aliphatic heterocycles. The highest BCUT2D eigenvalue weighted by atomic mass is 35.5. The van der Waals surface area contributed by atoms with Gasteiger partial charge < -0.3 is 9.64 Å². The Morgan fingerprint density at radius 3 is 2.91 bits per heavy atom. The van der Waals surface area contributed by atoms with E-state index in [1.165, 1.54) is 6.20 Å². The lowest BCUT2D eigenvalue weighted by molar-refractivity contribution is 0.0291. The van der Waals surface area contributed by atoms with Gasteiger partial charge in [0.2, 0.25) is 0 Å². The molecule has 2 heterocycles. The quantitative estimate of drug-likeness (QED) is 0.542. The van der Waals surface area contributed by atoms with Gasteiger partial charge in [-0.15, -0.1) is 0 Å². The number of hydrogen-bond donors (Lipinski definition) is 0. The molecule has 1 amide bonds. The average Bonchev–Trinajstić information content (AvgIpc) is 2.84. The van der Waals surface area contributed by atoms with E-state index in [-0.39, 0.29) is 22.7 Å². The van der Waals surface area contributed by atoms with Crippen molar-refractivity contribution < 1.29 is 13.9 Å². The van der Waals surface area contributed by atoms with Gasteiger partial charge in [-0.3, -0.25) is 0 Å². The molecule has 2 rings (SSSR count). The average molecular weight is 325 g/mol. The maximum Gasteiger partial charge on any atom is 0.410 e. The van der Waals surface area contributed by atoms with Crippen LogP contribution in [-0.4, -0.2) is 34.7 Å². The van der Waals surface area contributed by atoms with Gasteiger partial charge in [0.15, 0.2) is 0 Å². The summed E-state index contributed by atoms with van der Waals surface area (Å²) in [7, 11) is 0. The molecular weight excluding hydrogens is 307 g/mol. The molecular formula is C16H18ClFN2O2. The molecule has 1 aliphatic rings. The van der Waals surface area contributed by atoms with Gasteiger partial charge in [-0.1, -0.05) is 23.4 Å². The van der Waals surface area contributed by atoms with Crippen LogP contribution in [0.3, 0.4) is 0 Å². The summed E-state index contributed by atoms with van der Waals surface area (Å²) in [6.45, 7) is 6.57. The van der Waals surface area contributed by atoms with Crippen molar-refractivity contribution in [3.63, 3.8) is 0 Å². The predicted molar refractivity (Wildman–Crippen MR) is 82.0 cm³/mol. The predicted octanol–water partition coefficient (Wildman–Crippen LogP) is 3.48. The second-order valence-corrected chi connectivity index (χ2v) is 6.56. The largest absolute Gasteiger partial charge is 0.444 e. The summed E-state index contributed by atoms with van der Waals surface area (Å²) in [6, 6.07) is 1.13. The van der Waals surface area contributed by atoms with Gasteiger partial charge >= 0.3 is 6.09 Å². The first-order valence-corrected chi connectivity index (χ1v) is 7.43. The normalized spacial score (nSPS) is 17.9. The van der Waals surface area contributed by atoms with Crippen LogP contribution in [0.15, 0.2) is 12.3 Å². The van der Waals surface area contributed by atoms with Gasteiger partial charge in [0.1, 0.15) is 16.6 Å². The lowest BCUT2D eigenvalue weighted by Crippen LogP contribution is -2.35. The summed E-state index contributed by atoms with van der Waals surface area (Å²) in [5, 5.41) is 0.0972. The minimum atomic E-state index is -0.515. The number of carbonyl (C=O) groups excluding carboxylic acids is 1. The van der Waals surface area contributed by atoms with Crippen LogP contribution in [0.1, 0.15) is 32.8 Å². The van der Waals surface area contributed by atoms with E-state index < -0.39 is 11.4 Å². The summed E-state index contributed by atoms with van der Waals surface area (Å²) >= 11 is 5.59. The fourth-order valence-corrected chi connectivity index (χ4v) is 2.19. The molecule has 0 spiro atoms. The molecule has 0 saturated carbocycles. The molecule has 1 saturated heterocycles. The van der Waals surface area contributed by atoms with Crippen molar-refractivity contribution in [2.75, 3.05) is 13.1 Å². The van der Waals surface area contributed by atoms with Gasteiger partial charge in [0, 0.05) is 31.3 Å². The number of halogens is 2. The summed E-state index contributed by atoms with van der Waals surface area (Å²) in [5.41, 5.74) is -0.306. The van der Waals surface area contributed by atoms with Crippen LogP contribution in [0.25, 0.3) is 0 Å². The molecule has 1 fully saturated rings. The van der Waals surface area contributed by atoms with Crippen LogP contribution in [0.4, 0.5) is 9.18 Å². The maximum absolute atomic E-state index is 13.6. The Hall–Kier alpha value is -1.80. The molecule has 0 aliphatic carbocycles. The number of ether oxygens (including phenoxy) is 1. The molecule has 4 nitrogen and oxygen atoms in total. The van der Waals surface area contributed by atoms with E-state index in [9.17, 15) is 9.18 Å². The molecule has 0 aromatic carbocycles. The van der Waals surface area contributed by atoms with E-state index in [1.807, 2.05) is 20.8 Å². The molecule has 22 heavy (non-hydrogen) atoms. The van der Waals surface area contributed by atoms with Crippen LogP contribution in [0, 0.1) is 23.6 Å². The monoisotopic (exact) mass is 324 g/mol. The lowest BCUT2D eigenvalue weighted by atomic mass is 10.1. The fourth-order valence-electron chi connectivity index (χ4n) is 2.05. The zero-order valence-corrected chi connectivity index (χ0v) is 13.6. The van der Waals surface area contributed by atoms with E-state index in [0.717, 1.165) is 12.5 Å². The highest BCUT2D eigenvalue weighted by Gasteiger charge is 2.28. The van der Waals surface area contributed by atoms with Crippen molar-refractivity contribution in [2.45, 2.75) is 32.8 Å². The Balaban J connectivity index is 1.97. The van der Waals surface area contributed by atoms with Crippen LogP contribution < -0.4 is 0 Å². The van der Waals surface area contributed by atoms with Crippen LogP contribution in [0.5, 0.6) is 0 Å². The highest BCUT2D eigenvalue weighted by molar-refractivity contribution is 6.29. The molecule has 0 N–H and O–H groups in total. The summed E-state index contributed by atoms with van der Waals surface area (Å²) in [5.74, 6) is 5.26. The van der Waals surface area contributed by atoms with E-state index >= 15 is 0 Å². The van der Waals surface area contributed by atoms with E-state index in [4.69, 9.17) is 16.3 Å². The van der Waals surface area contributed by atoms with Crippen molar-refractivity contribution in [3.8, 4) is 11.8 Å². The highest BCUT2D eigenvalue weighted by Crippen LogP contribution is 2.19. The van der Waals surface area contributed by atoms with Gasteiger partial charge in [0.25, 0.3) is 0 Å². The Morgan fingerprint density at radius 1 is 1.55 bits per heavy atom. The number of aromatic nitrogens is 1. The molecule has 0 radical (unpaired) electrons. The van der Waals surface area contributed by atoms with Gasteiger partial charge in [-0.25, -0.2) is 14.2 Å². The number of likely N-dealkylation sites (tertiary alicyclic amines) is 1. The second kappa shape index (κ2) is 6.53. The minimum Gasteiger partial charge on any atom is -0.444 e. The topological polar surface area (TPSA) is 42.4 Å². The molecule has 118 valence electrons. The standard InChI is InChI=1S/C16H18ClFN2O2/c1-16(2,3)22-15(21)20-7-6-11(10-20)4-5-12-9-19-14(17)8-13(12)18/h8-9,11H,6-7,10H2,1-3H3. The van der Waals surface area contributed by atoms with Crippen molar-refractivity contribution in [2.24, 2.45) is 5.92 Å². The van der Waals surface area contributed by atoms with Crippen LogP contribution in [0.2, 0.25) is 5.15 Å². The number of rotatable bonds is 0. The third-order valence-corrected chi connectivity index (χ3v) is 3.28. The molecule has 1 unspecified atom stereocenters. The third kappa shape index (κ3) is 4.60. The Kier molecular flexibility index (Phi) is 4.92. The van der Waals surface area contributed by atoms with E-state index in [2.05, 4.69) is 16.8 Å². The van der Waals surface area contributed by atoms with Gasteiger partial charge in [-0.05, 0) is 27.2 Å². The fraction of sp³-hybridized carbons (Fsp3) is 0.500. The third-order valence-electron chi connectivity index (χ3n) is 3.07. The van der Waals surface area contributed by atoms with Gasteiger partial charge in [0.05, 0.1) is 5.56 Å². The number of nitrogens with zero attached hydrogens (tertiary/aromatic N) is 2. The Labute approximate surface area is 134 Å². The number of carbonyl (C=O) groups is 1. The van der Waals surface area contributed by atoms with E-state index in [1.54, 1.807) is 4.90 Å².